The van der Waals surface area contributed by atoms with Gasteiger partial charge in [-0.25, -0.2) is 4.79 Å². The molecule has 0 aliphatic carbocycles. The molecule has 0 unspecified atom stereocenters. The highest BCUT2D eigenvalue weighted by molar-refractivity contribution is 5.78. The second-order valence-electron chi connectivity index (χ2n) is 4.78. The summed E-state index contributed by atoms with van der Waals surface area (Å²) in [6, 6.07) is 9.59. The Balaban J connectivity index is 2.19. The van der Waals surface area contributed by atoms with E-state index in [0.29, 0.717) is 19.6 Å². The average Bonchev–Trinajstić information content (AvgIpc) is 2.48. The summed E-state index contributed by atoms with van der Waals surface area (Å²) in [5.41, 5.74) is 1.07. The fraction of sp³-hybridized carbons (Fsp3) is 0.467. The standard InChI is InChI=1S/C15H24N4O2/c1-16-10-11-17-14(20)8-9-18-15(21)19(2)12-13-6-4-3-5-7-13/h3-7,16H,8-12H2,1-2H3,(H,17,20)(H,18,21). The summed E-state index contributed by atoms with van der Waals surface area (Å²) in [7, 11) is 3.56. The van der Waals surface area contributed by atoms with Crippen LogP contribution in [0.1, 0.15) is 12.0 Å². The zero-order chi connectivity index (χ0) is 15.5. The molecule has 0 saturated heterocycles. The second-order valence-corrected chi connectivity index (χ2v) is 4.78. The van der Waals surface area contributed by atoms with Gasteiger partial charge in [-0.3, -0.25) is 4.79 Å². The van der Waals surface area contributed by atoms with Gasteiger partial charge in [-0.15, -0.1) is 0 Å². The number of carbonyl (C=O) groups is 2. The molecule has 6 nitrogen and oxygen atoms in total. The minimum Gasteiger partial charge on any atom is -0.355 e. The zero-order valence-electron chi connectivity index (χ0n) is 12.7. The predicted octanol–water partition coefficient (Wildman–Crippen LogP) is 0.554. The molecule has 0 atom stereocenters. The highest BCUT2D eigenvalue weighted by Crippen LogP contribution is 2.02. The number of urea groups is 1. The first kappa shape index (κ1) is 17.0. The van der Waals surface area contributed by atoms with Crippen molar-refractivity contribution in [1.29, 1.82) is 0 Å². The number of carbonyl (C=O) groups excluding carboxylic acids is 2. The van der Waals surface area contributed by atoms with Crippen LogP contribution in [0.3, 0.4) is 0 Å². The highest BCUT2D eigenvalue weighted by Gasteiger charge is 2.09. The van der Waals surface area contributed by atoms with Crippen LogP contribution in [0.4, 0.5) is 4.79 Å². The molecule has 0 aromatic heterocycles. The molecule has 3 amide bonds. The Morgan fingerprint density at radius 1 is 1.05 bits per heavy atom. The van der Waals surface area contributed by atoms with Gasteiger partial charge >= 0.3 is 6.03 Å². The van der Waals surface area contributed by atoms with Crippen molar-refractivity contribution >= 4 is 11.9 Å². The quantitative estimate of drug-likeness (QED) is 0.613. The van der Waals surface area contributed by atoms with Crippen LogP contribution in [0.25, 0.3) is 0 Å². The van der Waals surface area contributed by atoms with Gasteiger partial charge in [0, 0.05) is 39.6 Å². The van der Waals surface area contributed by atoms with E-state index in [1.807, 2.05) is 37.4 Å². The van der Waals surface area contributed by atoms with E-state index in [1.165, 1.54) is 0 Å². The highest BCUT2D eigenvalue weighted by atomic mass is 16.2. The first-order chi connectivity index (χ1) is 10.1. The third kappa shape index (κ3) is 7.31. The SMILES string of the molecule is CNCCNC(=O)CCNC(=O)N(C)Cc1ccccc1. The molecule has 0 bridgehead atoms. The Morgan fingerprint density at radius 2 is 1.76 bits per heavy atom. The minimum absolute atomic E-state index is 0.0590. The van der Waals surface area contributed by atoms with Gasteiger partial charge in [-0.1, -0.05) is 30.3 Å². The molecule has 0 saturated carbocycles. The third-order valence-corrected chi connectivity index (χ3v) is 2.93. The van der Waals surface area contributed by atoms with E-state index < -0.39 is 0 Å². The molecule has 1 aromatic rings. The Hall–Kier alpha value is -2.08. The van der Waals surface area contributed by atoms with Crippen LogP contribution in [-0.2, 0) is 11.3 Å². The van der Waals surface area contributed by atoms with Crippen LogP contribution < -0.4 is 16.0 Å². The molecule has 116 valence electrons. The van der Waals surface area contributed by atoms with Gasteiger partial charge in [0.25, 0.3) is 0 Å². The number of rotatable bonds is 8. The van der Waals surface area contributed by atoms with Crippen molar-refractivity contribution in [2.75, 3.05) is 33.7 Å². The maximum atomic E-state index is 11.9. The van der Waals surface area contributed by atoms with Crippen molar-refractivity contribution in [3.8, 4) is 0 Å². The molecule has 0 aliphatic rings. The Kier molecular flexibility index (Phi) is 7.89. The van der Waals surface area contributed by atoms with Crippen molar-refractivity contribution in [2.24, 2.45) is 0 Å². The van der Waals surface area contributed by atoms with Crippen LogP contribution in [0.5, 0.6) is 0 Å². The predicted molar refractivity (Wildman–Crippen MR) is 82.9 cm³/mol. The number of benzene rings is 1. The van der Waals surface area contributed by atoms with Gasteiger partial charge in [-0.2, -0.15) is 0 Å². The largest absolute Gasteiger partial charge is 0.355 e. The molecule has 21 heavy (non-hydrogen) atoms. The lowest BCUT2D eigenvalue weighted by Crippen LogP contribution is -2.39. The zero-order valence-corrected chi connectivity index (χ0v) is 12.7. The van der Waals surface area contributed by atoms with Crippen molar-refractivity contribution in [3.05, 3.63) is 35.9 Å². The Bertz CT molecular complexity index is 437. The van der Waals surface area contributed by atoms with Crippen LogP contribution in [-0.4, -0.2) is 50.6 Å². The molecule has 0 aliphatic heterocycles. The lowest BCUT2D eigenvalue weighted by Gasteiger charge is -2.18. The lowest BCUT2D eigenvalue weighted by atomic mass is 10.2. The average molecular weight is 292 g/mol. The topological polar surface area (TPSA) is 73.5 Å². The number of nitrogens with zero attached hydrogens (tertiary/aromatic N) is 1. The molecule has 6 heteroatoms. The normalized spacial score (nSPS) is 10.0. The van der Waals surface area contributed by atoms with Crippen molar-refractivity contribution in [2.45, 2.75) is 13.0 Å². The van der Waals surface area contributed by atoms with Gasteiger partial charge in [0.05, 0.1) is 0 Å². The summed E-state index contributed by atoms with van der Waals surface area (Å²) >= 11 is 0. The van der Waals surface area contributed by atoms with Gasteiger partial charge < -0.3 is 20.9 Å². The van der Waals surface area contributed by atoms with Gasteiger partial charge in [-0.05, 0) is 12.6 Å². The maximum Gasteiger partial charge on any atom is 0.317 e. The minimum atomic E-state index is -0.179. The van der Waals surface area contributed by atoms with Gasteiger partial charge in [0.15, 0.2) is 0 Å². The molecule has 0 radical (unpaired) electrons. The number of hydrogen-bond acceptors (Lipinski definition) is 3. The van der Waals surface area contributed by atoms with Crippen molar-refractivity contribution in [3.63, 3.8) is 0 Å². The maximum absolute atomic E-state index is 11.9. The summed E-state index contributed by atoms with van der Waals surface area (Å²) < 4.78 is 0. The van der Waals surface area contributed by atoms with Crippen LogP contribution >= 0.6 is 0 Å². The van der Waals surface area contributed by atoms with Crippen molar-refractivity contribution in [1.82, 2.24) is 20.9 Å². The molecular weight excluding hydrogens is 268 g/mol. The Labute approximate surface area is 125 Å². The summed E-state index contributed by atoms with van der Waals surface area (Å²) in [6.07, 6.45) is 0.286. The first-order valence-corrected chi connectivity index (χ1v) is 7.07. The van der Waals surface area contributed by atoms with E-state index in [4.69, 9.17) is 0 Å². The number of hydrogen-bond donors (Lipinski definition) is 3. The van der Waals surface area contributed by atoms with Crippen LogP contribution in [0.2, 0.25) is 0 Å². The fourth-order valence-electron chi connectivity index (χ4n) is 1.76. The molecule has 1 rings (SSSR count). The second kappa shape index (κ2) is 9.77. The summed E-state index contributed by atoms with van der Waals surface area (Å²) in [5, 5.41) is 8.44. The van der Waals surface area contributed by atoms with Crippen LogP contribution in [0.15, 0.2) is 30.3 Å². The van der Waals surface area contributed by atoms with Gasteiger partial charge in [0.2, 0.25) is 5.91 Å². The summed E-state index contributed by atoms with van der Waals surface area (Å²) in [5.74, 6) is -0.0590. The first-order valence-electron chi connectivity index (χ1n) is 7.07. The van der Waals surface area contributed by atoms with Crippen molar-refractivity contribution < 1.29 is 9.59 Å². The monoisotopic (exact) mass is 292 g/mol. The van der Waals surface area contributed by atoms with Gasteiger partial charge in [0.1, 0.15) is 0 Å². The molecule has 3 N–H and O–H groups in total. The van der Waals surface area contributed by atoms with E-state index in [2.05, 4.69) is 16.0 Å². The van der Waals surface area contributed by atoms with E-state index in [9.17, 15) is 9.59 Å². The smallest absolute Gasteiger partial charge is 0.317 e. The van der Waals surface area contributed by atoms with E-state index in [-0.39, 0.29) is 18.4 Å². The Morgan fingerprint density at radius 3 is 2.43 bits per heavy atom. The lowest BCUT2D eigenvalue weighted by molar-refractivity contribution is -0.120. The number of amides is 3. The number of likely N-dealkylation sites (N-methyl/N-ethyl adjacent to an activating group) is 1. The van der Waals surface area contributed by atoms with E-state index in [0.717, 1.165) is 12.1 Å². The molecule has 0 fully saturated rings. The third-order valence-electron chi connectivity index (χ3n) is 2.93. The number of nitrogens with one attached hydrogen (secondary N) is 3. The molecule has 1 aromatic carbocycles. The molecule has 0 heterocycles. The van der Waals surface area contributed by atoms with E-state index in [1.54, 1.807) is 11.9 Å². The summed E-state index contributed by atoms with van der Waals surface area (Å²) in [4.78, 5) is 24.9. The molecular formula is C15H24N4O2. The van der Waals surface area contributed by atoms with E-state index >= 15 is 0 Å². The summed E-state index contributed by atoms with van der Waals surface area (Å²) in [6.45, 7) is 2.21. The van der Waals surface area contributed by atoms with Crippen LogP contribution in [0, 0.1) is 0 Å². The molecule has 0 spiro atoms. The fourth-order valence-corrected chi connectivity index (χ4v) is 1.76.